The molecule has 1 aliphatic rings. The fourth-order valence-corrected chi connectivity index (χ4v) is 3.98. The third kappa shape index (κ3) is 4.41. The number of fused-ring (bicyclic) bond motifs is 1. The second-order valence-electron chi connectivity index (χ2n) is 7.81. The Morgan fingerprint density at radius 3 is 2.65 bits per heavy atom. The number of hydrogen-bond donors (Lipinski definition) is 2. The second kappa shape index (κ2) is 8.43. The van der Waals surface area contributed by atoms with Gasteiger partial charge in [-0.15, -0.1) is 0 Å². The molecule has 1 aromatic heterocycles. The summed E-state index contributed by atoms with van der Waals surface area (Å²) in [4.78, 5) is 43.3. The van der Waals surface area contributed by atoms with Crippen molar-refractivity contribution in [2.45, 2.75) is 19.9 Å². The lowest BCUT2D eigenvalue weighted by atomic mass is 10.1. The molecule has 0 saturated carbocycles. The standard InChI is InChI=1S/C23H23ClN4O3/c1-14-11-18(5-6-19(14)24)27-9-10-28(15(2)13-27)23(31)22(30)25-17-4-7-20-16(12-17)3-8-21(29)26-20/h3-8,11-12,15H,9-10,13H2,1-2H3,(H,25,30)(H,26,29)/t15-/m1/s1. The SMILES string of the molecule is Cc1cc(N2CCN(C(=O)C(=O)Nc3ccc4[nH]c(=O)ccc4c3)[C@H](C)C2)ccc1Cl. The molecule has 0 bridgehead atoms. The summed E-state index contributed by atoms with van der Waals surface area (Å²) in [7, 11) is 0. The minimum atomic E-state index is -0.675. The van der Waals surface area contributed by atoms with Crippen molar-refractivity contribution in [1.29, 1.82) is 0 Å². The molecule has 7 nitrogen and oxygen atoms in total. The summed E-state index contributed by atoms with van der Waals surface area (Å²) in [6, 6.07) is 13.9. The second-order valence-corrected chi connectivity index (χ2v) is 8.21. The minimum absolute atomic E-state index is 0.121. The molecular weight excluding hydrogens is 416 g/mol. The van der Waals surface area contributed by atoms with Gasteiger partial charge in [0.25, 0.3) is 0 Å². The monoisotopic (exact) mass is 438 g/mol. The predicted molar refractivity (Wildman–Crippen MR) is 123 cm³/mol. The molecule has 2 aromatic carbocycles. The van der Waals surface area contributed by atoms with Crippen molar-refractivity contribution < 1.29 is 9.59 Å². The molecule has 1 saturated heterocycles. The number of H-pyrrole nitrogens is 1. The van der Waals surface area contributed by atoms with E-state index in [1.807, 2.05) is 32.0 Å². The summed E-state index contributed by atoms with van der Waals surface area (Å²) in [5, 5.41) is 4.17. The molecule has 0 radical (unpaired) electrons. The van der Waals surface area contributed by atoms with Crippen molar-refractivity contribution >= 4 is 45.7 Å². The number of benzene rings is 2. The Kier molecular flexibility index (Phi) is 5.69. The molecule has 3 aromatic rings. The van der Waals surface area contributed by atoms with Crippen LogP contribution in [-0.2, 0) is 9.59 Å². The molecule has 1 atom stereocenters. The van der Waals surface area contributed by atoms with E-state index in [1.54, 1.807) is 29.2 Å². The number of carbonyl (C=O) groups excluding carboxylic acids is 2. The van der Waals surface area contributed by atoms with Crippen molar-refractivity contribution in [1.82, 2.24) is 9.88 Å². The van der Waals surface area contributed by atoms with Gasteiger partial charge >= 0.3 is 11.8 Å². The van der Waals surface area contributed by atoms with E-state index in [2.05, 4.69) is 15.2 Å². The van der Waals surface area contributed by atoms with Gasteiger partial charge in [-0.1, -0.05) is 11.6 Å². The van der Waals surface area contributed by atoms with Crippen molar-refractivity contribution in [2.24, 2.45) is 0 Å². The first kappa shape index (κ1) is 20.9. The van der Waals surface area contributed by atoms with Crippen molar-refractivity contribution in [3.8, 4) is 0 Å². The number of aromatic amines is 1. The molecule has 2 heterocycles. The number of nitrogens with one attached hydrogen (secondary N) is 2. The van der Waals surface area contributed by atoms with E-state index in [0.717, 1.165) is 21.7 Å². The summed E-state index contributed by atoms with van der Waals surface area (Å²) in [6.45, 7) is 5.61. The number of amides is 2. The van der Waals surface area contributed by atoms with Crippen LogP contribution in [0.4, 0.5) is 11.4 Å². The number of aromatic nitrogens is 1. The van der Waals surface area contributed by atoms with Crippen LogP contribution in [0.3, 0.4) is 0 Å². The molecular formula is C23H23ClN4O3. The van der Waals surface area contributed by atoms with Gasteiger partial charge < -0.3 is 20.1 Å². The van der Waals surface area contributed by atoms with Crippen LogP contribution in [-0.4, -0.2) is 47.4 Å². The average Bonchev–Trinajstić information content (AvgIpc) is 2.75. The highest BCUT2D eigenvalue weighted by molar-refractivity contribution is 6.39. The molecule has 31 heavy (non-hydrogen) atoms. The van der Waals surface area contributed by atoms with Crippen LogP contribution in [0.1, 0.15) is 12.5 Å². The molecule has 0 unspecified atom stereocenters. The Morgan fingerprint density at radius 2 is 1.90 bits per heavy atom. The molecule has 2 N–H and O–H groups in total. The molecule has 8 heteroatoms. The number of halogens is 1. The zero-order chi connectivity index (χ0) is 22.1. The highest BCUT2D eigenvalue weighted by Gasteiger charge is 2.31. The Labute approximate surface area is 184 Å². The molecule has 1 aliphatic heterocycles. The van der Waals surface area contributed by atoms with Crippen LogP contribution in [0.15, 0.2) is 53.3 Å². The molecule has 0 spiro atoms. The molecule has 160 valence electrons. The smallest absolute Gasteiger partial charge is 0.313 e. The van der Waals surface area contributed by atoms with Crippen LogP contribution in [0.2, 0.25) is 5.02 Å². The molecule has 2 amide bonds. The highest BCUT2D eigenvalue weighted by Crippen LogP contribution is 2.25. The first-order chi connectivity index (χ1) is 14.8. The molecule has 4 rings (SSSR count). The Balaban J connectivity index is 1.42. The topological polar surface area (TPSA) is 85.5 Å². The van der Waals surface area contributed by atoms with Crippen LogP contribution in [0, 0.1) is 6.92 Å². The van der Waals surface area contributed by atoms with Crippen LogP contribution < -0.4 is 15.8 Å². The average molecular weight is 439 g/mol. The number of carbonyl (C=O) groups is 2. The van der Waals surface area contributed by atoms with Gasteiger partial charge in [0.15, 0.2) is 0 Å². The normalized spacial score (nSPS) is 16.4. The lowest BCUT2D eigenvalue weighted by Crippen LogP contribution is -2.56. The lowest BCUT2D eigenvalue weighted by Gasteiger charge is -2.40. The third-order valence-corrected chi connectivity index (χ3v) is 5.99. The van der Waals surface area contributed by atoms with E-state index < -0.39 is 11.8 Å². The van der Waals surface area contributed by atoms with Gasteiger partial charge in [0.2, 0.25) is 5.56 Å². The van der Waals surface area contributed by atoms with Crippen LogP contribution >= 0.6 is 11.6 Å². The van der Waals surface area contributed by atoms with Crippen LogP contribution in [0.5, 0.6) is 0 Å². The van der Waals surface area contributed by atoms with Crippen LogP contribution in [0.25, 0.3) is 10.9 Å². The number of pyridine rings is 1. The summed E-state index contributed by atoms with van der Waals surface area (Å²) in [5.41, 5.74) is 3.03. The van der Waals surface area contributed by atoms with E-state index in [9.17, 15) is 14.4 Å². The van der Waals surface area contributed by atoms with E-state index >= 15 is 0 Å². The third-order valence-electron chi connectivity index (χ3n) is 5.57. The van der Waals surface area contributed by atoms with Gasteiger partial charge in [-0.3, -0.25) is 14.4 Å². The van der Waals surface area contributed by atoms with E-state index in [1.165, 1.54) is 6.07 Å². The molecule has 1 fully saturated rings. The largest absolute Gasteiger partial charge is 0.368 e. The highest BCUT2D eigenvalue weighted by atomic mass is 35.5. The summed E-state index contributed by atoms with van der Waals surface area (Å²) in [5.74, 6) is -1.23. The number of piperazine rings is 1. The van der Waals surface area contributed by atoms with E-state index in [0.29, 0.717) is 30.8 Å². The summed E-state index contributed by atoms with van der Waals surface area (Å²) >= 11 is 6.12. The van der Waals surface area contributed by atoms with Gasteiger partial charge in [-0.2, -0.15) is 0 Å². The Hall–Kier alpha value is -3.32. The minimum Gasteiger partial charge on any atom is -0.368 e. The first-order valence-corrected chi connectivity index (χ1v) is 10.5. The maximum Gasteiger partial charge on any atom is 0.313 e. The predicted octanol–water partition coefficient (Wildman–Crippen LogP) is 3.17. The van der Waals surface area contributed by atoms with Crippen molar-refractivity contribution in [2.75, 3.05) is 29.9 Å². The summed E-state index contributed by atoms with van der Waals surface area (Å²) in [6.07, 6.45) is 0. The van der Waals surface area contributed by atoms with E-state index in [-0.39, 0.29) is 11.6 Å². The Morgan fingerprint density at radius 1 is 1.10 bits per heavy atom. The fourth-order valence-electron chi connectivity index (χ4n) is 3.87. The summed E-state index contributed by atoms with van der Waals surface area (Å²) < 4.78 is 0. The number of nitrogens with zero attached hydrogens (tertiary/aromatic N) is 2. The zero-order valence-electron chi connectivity index (χ0n) is 17.3. The number of anilines is 2. The maximum atomic E-state index is 12.8. The quantitative estimate of drug-likeness (QED) is 0.602. The van der Waals surface area contributed by atoms with Gasteiger partial charge in [0.05, 0.1) is 0 Å². The zero-order valence-corrected chi connectivity index (χ0v) is 18.1. The van der Waals surface area contributed by atoms with Gasteiger partial charge in [0.1, 0.15) is 0 Å². The first-order valence-electron chi connectivity index (χ1n) is 10.1. The number of rotatable bonds is 2. The Bertz CT molecular complexity index is 1220. The lowest BCUT2D eigenvalue weighted by molar-refractivity contribution is -0.144. The van der Waals surface area contributed by atoms with Gasteiger partial charge in [-0.25, -0.2) is 0 Å². The fraction of sp³-hybridized carbons (Fsp3) is 0.261. The number of aryl methyl sites for hydroxylation is 1. The van der Waals surface area contributed by atoms with Crippen molar-refractivity contribution in [3.05, 3.63) is 69.5 Å². The van der Waals surface area contributed by atoms with Gasteiger partial charge in [-0.05, 0) is 61.9 Å². The van der Waals surface area contributed by atoms with Crippen molar-refractivity contribution in [3.63, 3.8) is 0 Å². The van der Waals surface area contributed by atoms with E-state index in [4.69, 9.17) is 11.6 Å². The van der Waals surface area contributed by atoms with Gasteiger partial charge in [0, 0.05) is 59.0 Å². The maximum absolute atomic E-state index is 12.8. The number of hydrogen-bond acceptors (Lipinski definition) is 4. The molecule has 0 aliphatic carbocycles.